The molecule has 2 saturated carbocycles. The topological polar surface area (TPSA) is 40.5 Å². The fourth-order valence-corrected chi connectivity index (χ4v) is 3.70. The van der Waals surface area contributed by atoms with Gasteiger partial charge >= 0.3 is 0 Å². The van der Waals surface area contributed by atoms with Gasteiger partial charge in [-0.15, -0.1) is 0 Å². The number of amides is 1. The smallest absolute Gasteiger partial charge is 0.233 e. The lowest BCUT2D eigenvalue weighted by Gasteiger charge is -2.27. The lowest BCUT2D eigenvalue weighted by molar-refractivity contribution is -0.134. The van der Waals surface area contributed by atoms with Crippen LogP contribution < -0.4 is 0 Å². The minimum absolute atomic E-state index is 0.0977. The van der Waals surface area contributed by atoms with Crippen LogP contribution >= 0.6 is 0 Å². The number of benzene rings is 1. The minimum atomic E-state index is -0.477. The first-order valence-electron chi connectivity index (χ1n) is 8.18. The first kappa shape index (κ1) is 14.6. The molecule has 21 heavy (non-hydrogen) atoms. The number of aliphatic hydroxyl groups is 1. The van der Waals surface area contributed by atoms with E-state index >= 15 is 0 Å². The van der Waals surface area contributed by atoms with Crippen LogP contribution in [0, 0.1) is 11.8 Å². The fourth-order valence-electron chi connectivity index (χ4n) is 3.70. The molecule has 1 N–H and O–H groups in total. The van der Waals surface area contributed by atoms with Crippen molar-refractivity contribution < 1.29 is 9.90 Å². The molecular weight excluding hydrogens is 262 g/mol. The zero-order chi connectivity index (χ0) is 15.0. The maximum Gasteiger partial charge on any atom is 0.233 e. The second kappa shape index (κ2) is 5.45. The number of rotatable bonds is 6. The van der Waals surface area contributed by atoms with Gasteiger partial charge in [-0.05, 0) is 44.6 Å². The molecule has 1 aromatic carbocycles. The Bertz CT molecular complexity index is 507. The van der Waals surface area contributed by atoms with Crippen molar-refractivity contribution in [2.75, 3.05) is 13.1 Å². The highest BCUT2D eigenvalue weighted by Crippen LogP contribution is 2.60. The van der Waals surface area contributed by atoms with E-state index < -0.39 is 5.41 Å². The van der Waals surface area contributed by atoms with E-state index in [1.54, 1.807) is 0 Å². The summed E-state index contributed by atoms with van der Waals surface area (Å²) in [5.41, 5.74) is 0.599. The molecule has 2 fully saturated rings. The van der Waals surface area contributed by atoms with Crippen molar-refractivity contribution >= 4 is 5.91 Å². The number of hydrogen-bond donors (Lipinski definition) is 1. The van der Waals surface area contributed by atoms with Crippen molar-refractivity contribution in [3.05, 3.63) is 35.9 Å². The molecule has 0 spiro atoms. The molecule has 2 aliphatic rings. The molecule has 3 rings (SSSR count). The Labute approximate surface area is 127 Å². The summed E-state index contributed by atoms with van der Waals surface area (Å²) in [4.78, 5) is 15.0. The van der Waals surface area contributed by atoms with E-state index in [1.165, 1.54) is 0 Å². The summed E-state index contributed by atoms with van der Waals surface area (Å²) in [6, 6.07) is 10.0. The maximum absolute atomic E-state index is 13.1. The van der Waals surface area contributed by atoms with Crippen LogP contribution in [0.2, 0.25) is 0 Å². The first-order chi connectivity index (χ1) is 10.1. The molecule has 3 nitrogen and oxygen atoms in total. The second-order valence-corrected chi connectivity index (χ2v) is 6.45. The molecule has 0 bridgehead atoms. The summed E-state index contributed by atoms with van der Waals surface area (Å²) >= 11 is 0. The van der Waals surface area contributed by atoms with E-state index in [0.717, 1.165) is 37.9 Å². The normalized spacial score (nSPS) is 29.0. The van der Waals surface area contributed by atoms with E-state index in [4.69, 9.17) is 0 Å². The van der Waals surface area contributed by atoms with Gasteiger partial charge < -0.3 is 10.0 Å². The minimum Gasteiger partial charge on any atom is -0.393 e. The van der Waals surface area contributed by atoms with Crippen LogP contribution in [0.15, 0.2) is 30.3 Å². The van der Waals surface area contributed by atoms with E-state index in [9.17, 15) is 9.90 Å². The molecule has 0 unspecified atom stereocenters. The molecule has 1 aromatic rings. The third-order valence-corrected chi connectivity index (χ3v) is 5.25. The largest absolute Gasteiger partial charge is 0.393 e. The Morgan fingerprint density at radius 3 is 2.43 bits per heavy atom. The summed E-state index contributed by atoms with van der Waals surface area (Å²) in [6.07, 6.45) is 2.71. The molecular formula is C18H25NO2. The van der Waals surface area contributed by atoms with Gasteiger partial charge in [0.05, 0.1) is 11.5 Å². The summed E-state index contributed by atoms with van der Waals surface area (Å²) in [5.74, 6) is 0.717. The van der Waals surface area contributed by atoms with Gasteiger partial charge in [-0.25, -0.2) is 0 Å². The van der Waals surface area contributed by atoms with Crippen molar-refractivity contribution in [3.8, 4) is 0 Å². The lowest BCUT2D eigenvalue weighted by atomic mass is 9.89. The predicted molar refractivity (Wildman–Crippen MR) is 82.9 cm³/mol. The molecule has 0 saturated heterocycles. The van der Waals surface area contributed by atoms with Crippen LogP contribution in [0.1, 0.15) is 38.7 Å². The number of carbonyl (C=O) groups is 1. The molecule has 3 atom stereocenters. The van der Waals surface area contributed by atoms with Gasteiger partial charge in [0, 0.05) is 19.0 Å². The summed E-state index contributed by atoms with van der Waals surface area (Å²) < 4.78 is 0. The number of nitrogens with zero attached hydrogens (tertiary/aromatic N) is 1. The van der Waals surface area contributed by atoms with Crippen LogP contribution in [-0.4, -0.2) is 35.1 Å². The second-order valence-electron chi connectivity index (χ2n) is 6.45. The number of carbonyl (C=O) groups excluding carboxylic acids is 1. The molecule has 0 aliphatic heterocycles. The van der Waals surface area contributed by atoms with Gasteiger partial charge in [-0.2, -0.15) is 0 Å². The van der Waals surface area contributed by atoms with E-state index in [1.807, 2.05) is 49.1 Å². The number of likely N-dealkylation sites (N-methyl/N-ethyl adjacent to an activating group) is 1. The Morgan fingerprint density at radius 1 is 1.29 bits per heavy atom. The molecule has 2 aliphatic carbocycles. The van der Waals surface area contributed by atoms with Crippen molar-refractivity contribution in [3.63, 3.8) is 0 Å². The lowest BCUT2D eigenvalue weighted by Crippen LogP contribution is -2.41. The molecule has 0 radical (unpaired) electrons. The van der Waals surface area contributed by atoms with Crippen molar-refractivity contribution in [1.82, 2.24) is 4.90 Å². The van der Waals surface area contributed by atoms with E-state index in [2.05, 4.69) is 0 Å². The zero-order valence-corrected chi connectivity index (χ0v) is 13.0. The highest BCUT2D eigenvalue weighted by atomic mass is 16.3. The van der Waals surface area contributed by atoms with Crippen molar-refractivity contribution in [1.29, 1.82) is 0 Å². The fraction of sp³-hybridized carbons (Fsp3) is 0.611. The monoisotopic (exact) mass is 287 g/mol. The third kappa shape index (κ3) is 2.38. The quantitative estimate of drug-likeness (QED) is 0.873. The van der Waals surface area contributed by atoms with Crippen LogP contribution in [0.5, 0.6) is 0 Å². The number of aliphatic hydroxyl groups excluding tert-OH is 1. The van der Waals surface area contributed by atoms with Gasteiger partial charge in [0.1, 0.15) is 0 Å². The summed E-state index contributed by atoms with van der Waals surface area (Å²) in [7, 11) is 0. The van der Waals surface area contributed by atoms with Crippen LogP contribution in [0.4, 0.5) is 0 Å². The molecule has 1 amide bonds. The van der Waals surface area contributed by atoms with Crippen molar-refractivity contribution in [2.24, 2.45) is 11.8 Å². The average molecular weight is 287 g/mol. The molecule has 114 valence electrons. The average Bonchev–Trinajstić information content (AvgIpc) is 3.41. The third-order valence-electron chi connectivity index (χ3n) is 5.25. The zero-order valence-electron chi connectivity index (χ0n) is 13.0. The standard InChI is InChI=1S/C18H25NO2/c1-3-19(4-2)17(21)18(14-8-6-5-7-9-14)12-15(18)16(20)13-10-11-13/h5-9,13,15-16,20H,3-4,10-12H2,1-2H3/t15-,16-,18+/m0/s1. The van der Waals surface area contributed by atoms with Crippen molar-refractivity contribution in [2.45, 2.75) is 44.6 Å². The Kier molecular flexibility index (Phi) is 3.78. The van der Waals surface area contributed by atoms with Crippen LogP contribution in [0.25, 0.3) is 0 Å². The number of hydrogen-bond acceptors (Lipinski definition) is 2. The Morgan fingerprint density at radius 2 is 1.90 bits per heavy atom. The molecule has 0 aromatic heterocycles. The van der Waals surface area contributed by atoms with Gasteiger partial charge in [-0.1, -0.05) is 30.3 Å². The van der Waals surface area contributed by atoms with E-state index in [0.29, 0.717) is 5.92 Å². The van der Waals surface area contributed by atoms with Gasteiger partial charge in [-0.3, -0.25) is 4.79 Å². The first-order valence-corrected chi connectivity index (χ1v) is 8.18. The van der Waals surface area contributed by atoms with Gasteiger partial charge in [0.25, 0.3) is 0 Å². The van der Waals surface area contributed by atoms with Crippen LogP contribution in [-0.2, 0) is 10.2 Å². The van der Waals surface area contributed by atoms with E-state index in [-0.39, 0.29) is 17.9 Å². The summed E-state index contributed by atoms with van der Waals surface area (Å²) in [6.45, 7) is 5.51. The van der Waals surface area contributed by atoms with Gasteiger partial charge in [0.15, 0.2) is 0 Å². The highest BCUT2D eigenvalue weighted by Gasteiger charge is 2.65. The molecule has 3 heteroatoms. The maximum atomic E-state index is 13.1. The Hall–Kier alpha value is -1.35. The van der Waals surface area contributed by atoms with Gasteiger partial charge in [0.2, 0.25) is 5.91 Å². The molecule has 0 heterocycles. The SMILES string of the molecule is CCN(CC)C(=O)[C@@]1(c2ccccc2)C[C@H]1[C@@H](O)C1CC1. The predicted octanol–water partition coefficient (Wildman–Crippen LogP) is 2.58. The summed E-state index contributed by atoms with van der Waals surface area (Å²) in [5, 5.41) is 10.5. The highest BCUT2D eigenvalue weighted by molar-refractivity contribution is 5.92. The van der Waals surface area contributed by atoms with Crippen LogP contribution in [0.3, 0.4) is 0 Å². The Balaban J connectivity index is 1.91.